The highest BCUT2D eigenvalue weighted by Gasteiger charge is 2.15. The zero-order chi connectivity index (χ0) is 23.3. The summed E-state index contributed by atoms with van der Waals surface area (Å²) in [7, 11) is 0. The monoisotopic (exact) mass is 499 g/mol. The first-order valence-electron chi connectivity index (χ1n) is 10.5. The van der Waals surface area contributed by atoms with E-state index in [2.05, 4.69) is 21.0 Å². The summed E-state index contributed by atoms with van der Waals surface area (Å²) in [5, 5.41) is 4.95. The zero-order valence-electron chi connectivity index (χ0n) is 18.5. The third-order valence-electron chi connectivity index (χ3n) is 4.81. The molecular formula is C24H26BrN3O4. The maximum Gasteiger partial charge on any atom is 0.344 e. The molecule has 0 spiro atoms. The molecule has 0 bridgehead atoms. The fraction of sp³-hybridized carbons (Fsp3) is 0.333. The Morgan fingerprint density at radius 3 is 2.56 bits per heavy atom. The SMILES string of the molecule is CC[C@@H](C)c1nc2ccc(Br)cc2c(=O)n1N=Cc1ccc(OCC(=O)OC(C)C)cc1. The second kappa shape index (κ2) is 10.5. The molecule has 1 heterocycles. The molecule has 0 aliphatic carbocycles. The van der Waals surface area contributed by atoms with Gasteiger partial charge in [-0.2, -0.15) is 9.78 Å². The van der Waals surface area contributed by atoms with Crippen LogP contribution >= 0.6 is 15.9 Å². The van der Waals surface area contributed by atoms with Crippen LogP contribution in [0.4, 0.5) is 0 Å². The van der Waals surface area contributed by atoms with Crippen molar-refractivity contribution in [2.45, 2.75) is 46.1 Å². The number of esters is 1. The molecule has 2 aromatic carbocycles. The van der Waals surface area contributed by atoms with Crippen LogP contribution in [0.2, 0.25) is 0 Å². The van der Waals surface area contributed by atoms with Gasteiger partial charge in [-0.15, -0.1) is 0 Å². The summed E-state index contributed by atoms with van der Waals surface area (Å²) in [5.41, 5.74) is 1.21. The number of nitrogens with zero attached hydrogens (tertiary/aromatic N) is 3. The van der Waals surface area contributed by atoms with Gasteiger partial charge in [0.1, 0.15) is 11.6 Å². The van der Waals surface area contributed by atoms with Gasteiger partial charge in [0.25, 0.3) is 5.56 Å². The molecule has 1 atom stereocenters. The maximum atomic E-state index is 13.1. The summed E-state index contributed by atoms with van der Waals surface area (Å²) in [4.78, 5) is 29.4. The number of rotatable bonds is 8. The Labute approximate surface area is 195 Å². The van der Waals surface area contributed by atoms with Gasteiger partial charge in [-0.25, -0.2) is 9.78 Å². The molecule has 32 heavy (non-hydrogen) atoms. The van der Waals surface area contributed by atoms with E-state index < -0.39 is 5.97 Å². The number of halogens is 1. The van der Waals surface area contributed by atoms with Crippen LogP contribution in [0.15, 0.2) is 56.8 Å². The molecule has 0 fully saturated rings. The van der Waals surface area contributed by atoms with Crippen molar-refractivity contribution < 1.29 is 14.3 Å². The van der Waals surface area contributed by atoms with E-state index in [-0.39, 0.29) is 24.2 Å². The Kier molecular flexibility index (Phi) is 7.80. The fourth-order valence-electron chi connectivity index (χ4n) is 2.99. The molecular weight excluding hydrogens is 474 g/mol. The van der Waals surface area contributed by atoms with E-state index in [4.69, 9.17) is 14.5 Å². The number of ether oxygens (including phenoxy) is 2. The Morgan fingerprint density at radius 1 is 1.19 bits per heavy atom. The summed E-state index contributed by atoms with van der Waals surface area (Å²) in [6.45, 7) is 7.49. The summed E-state index contributed by atoms with van der Waals surface area (Å²) in [6.07, 6.45) is 2.25. The molecule has 7 nitrogen and oxygen atoms in total. The van der Waals surface area contributed by atoms with E-state index in [1.807, 2.05) is 26.0 Å². The highest BCUT2D eigenvalue weighted by molar-refractivity contribution is 9.10. The lowest BCUT2D eigenvalue weighted by molar-refractivity contribution is -0.149. The van der Waals surface area contributed by atoms with Crippen molar-refractivity contribution in [3.05, 3.63) is 68.7 Å². The van der Waals surface area contributed by atoms with E-state index in [1.165, 1.54) is 4.68 Å². The van der Waals surface area contributed by atoms with Gasteiger partial charge in [0.2, 0.25) is 0 Å². The molecule has 0 saturated heterocycles. The van der Waals surface area contributed by atoms with Crippen molar-refractivity contribution >= 4 is 39.0 Å². The molecule has 168 valence electrons. The summed E-state index contributed by atoms with van der Waals surface area (Å²) < 4.78 is 12.7. The Balaban J connectivity index is 1.85. The van der Waals surface area contributed by atoms with Crippen LogP contribution in [-0.4, -0.2) is 34.6 Å². The molecule has 0 unspecified atom stereocenters. The van der Waals surface area contributed by atoms with E-state index >= 15 is 0 Å². The highest BCUT2D eigenvalue weighted by Crippen LogP contribution is 2.21. The number of benzene rings is 2. The normalized spacial score (nSPS) is 12.4. The molecule has 0 N–H and O–H groups in total. The van der Waals surface area contributed by atoms with Gasteiger partial charge in [0.15, 0.2) is 6.61 Å². The van der Waals surface area contributed by atoms with Crippen LogP contribution in [-0.2, 0) is 9.53 Å². The van der Waals surface area contributed by atoms with Gasteiger partial charge in [-0.1, -0.05) is 29.8 Å². The quantitative estimate of drug-likeness (QED) is 0.325. The number of hydrogen-bond donors (Lipinski definition) is 0. The smallest absolute Gasteiger partial charge is 0.344 e. The molecule has 0 amide bonds. The lowest BCUT2D eigenvalue weighted by Crippen LogP contribution is -2.23. The second-order valence-electron chi connectivity index (χ2n) is 7.70. The van der Waals surface area contributed by atoms with Crippen molar-refractivity contribution in [3.63, 3.8) is 0 Å². The van der Waals surface area contributed by atoms with Crippen LogP contribution < -0.4 is 10.3 Å². The van der Waals surface area contributed by atoms with Crippen molar-refractivity contribution in [2.75, 3.05) is 6.61 Å². The fourth-order valence-corrected chi connectivity index (χ4v) is 3.35. The Morgan fingerprint density at radius 2 is 1.91 bits per heavy atom. The zero-order valence-corrected chi connectivity index (χ0v) is 20.1. The lowest BCUT2D eigenvalue weighted by Gasteiger charge is -2.14. The van der Waals surface area contributed by atoms with E-state index in [0.29, 0.717) is 22.5 Å². The minimum Gasteiger partial charge on any atom is -0.482 e. The highest BCUT2D eigenvalue weighted by atomic mass is 79.9. The number of fused-ring (bicyclic) bond motifs is 1. The first-order chi connectivity index (χ1) is 15.3. The maximum absolute atomic E-state index is 13.1. The average molecular weight is 500 g/mol. The van der Waals surface area contributed by atoms with Crippen molar-refractivity contribution in [2.24, 2.45) is 5.10 Å². The Hall–Kier alpha value is -3.00. The van der Waals surface area contributed by atoms with Crippen LogP contribution in [0.3, 0.4) is 0 Å². The first-order valence-corrected chi connectivity index (χ1v) is 11.3. The van der Waals surface area contributed by atoms with E-state index in [1.54, 1.807) is 50.4 Å². The number of carbonyl (C=O) groups is 1. The van der Waals surface area contributed by atoms with Gasteiger partial charge < -0.3 is 9.47 Å². The molecule has 0 radical (unpaired) electrons. The van der Waals surface area contributed by atoms with Crippen LogP contribution in [0.25, 0.3) is 10.9 Å². The van der Waals surface area contributed by atoms with Gasteiger partial charge in [0, 0.05) is 10.4 Å². The molecule has 3 rings (SSSR count). The molecule has 8 heteroatoms. The van der Waals surface area contributed by atoms with Gasteiger partial charge in [0.05, 0.1) is 23.2 Å². The van der Waals surface area contributed by atoms with E-state index in [0.717, 1.165) is 16.5 Å². The van der Waals surface area contributed by atoms with Gasteiger partial charge in [-0.05, 0) is 68.3 Å². The average Bonchev–Trinajstić information content (AvgIpc) is 2.77. The number of aromatic nitrogens is 2. The Bertz CT molecular complexity index is 1190. The van der Waals surface area contributed by atoms with Crippen LogP contribution in [0.5, 0.6) is 5.75 Å². The third kappa shape index (κ3) is 5.82. The first kappa shape index (κ1) is 23.7. The molecule has 3 aromatic rings. The number of carbonyl (C=O) groups excluding carboxylic acids is 1. The lowest BCUT2D eigenvalue weighted by atomic mass is 10.1. The molecule has 0 saturated carbocycles. The van der Waals surface area contributed by atoms with Crippen molar-refractivity contribution in [3.8, 4) is 5.75 Å². The minimum absolute atomic E-state index is 0.0641. The van der Waals surface area contributed by atoms with Crippen molar-refractivity contribution in [1.82, 2.24) is 9.66 Å². The predicted octanol–water partition coefficient (Wildman–Crippen LogP) is 4.89. The summed E-state index contributed by atoms with van der Waals surface area (Å²) in [6, 6.07) is 12.5. The predicted molar refractivity (Wildman–Crippen MR) is 129 cm³/mol. The van der Waals surface area contributed by atoms with Gasteiger partial charge >= 0.3 is 5.97 Å². The summed E-state index contributed by atoms with van der Waals surface area (Å²) >= 11 is 3.41. The summed E-state index contributed by atoms with van der Waals surface area (Å²) in [5.74, 6) is 0.803. The number of hydrogen-bond acceptors (Lipinski definition) is 6. The van der Waals surface area contributed by atoms with Crippen LogP contribution in [0, 0.1) is 0 Å². The van der Waals surface area contributed by atoms with Crippen LogP contribution in [0.1, 0.15) is 51.4 Å². The molecule has 1 aromatic heterocycles. The van der Waals surface area contributed by atoms with E-state index in [9.17, 15) is 9.59 Å². The standard InChI is InChI=1S/C24H26BrN3O4/c1-5-16(4)23-27-21-11-8-18(25)12-20(21)24(30)28(23)26-13-17-6-9-19(10-7-17)31-14-22(29)32-15(2)3/h6-13,15-16H,5,14H2,1-4H3/t16-/m1/s1. The molecule has 0 aliphatic rings. The molecule has 0 aliphatic heterocycles. The minimum atomic E-state index is -0.418. The van der Waals surface area contributed by atoms with Gasteiger partial charge in [-0.3, -0.25) is 4.79 Å². The third-order valence-corrected chi connectivity index (χ3v) is 5.31. The second-order valence-corrected chi connectivity index (χ2v) is 8.61. The topological polar surface area (TPSA) is 82.8 Å². The largest absolute Gasteiger partial charge is 0.482 e. The van der Waals surface area contributed by atoms with Crippen molar-refractivity contribution in [1.29, 1.82) is 0 Å².